The number of hydrogen-bond donors (Lipinski definition) is 3. The van der Waals surface area contributed by atoms with Crippen LogP contribution < -0.4 is 16.0 Å². The SMILES string of the molecule is O=C(CNCC(=O)NC1CC1)Nc1ccccc1F. The molecule has 1 aliphatic rings. The van der Waals surface area contributed by atoms with E-state index >= 15 is 0 Å². The third-order valence-corrected chi connectivity index (χ3v) is 2.66. The molecule has 0 bridgehead atoms. The number of halogens is 1. The van der Waals surface area contributed by atoms with Gasteiger partial charge in [-0.2, -0.15) is 0 Å². The molecule has 0 saturated heterocycles. The molecule has 1 aromatic carbocycles. The average molecular weight is 265 g/mol. The highest BCUT2D eigenvalue weighted by Gasteiger charge is 2.22. The second kappa shape index (κ2) is 6.29. The van der Waals surface area contributed by atoms with Crippen LogP contribution in [0.2, 0.25) is 0 Å². The molecule has 2 amide bonds. The van der Waals surface area contributed by atoms with Gasteiger partial charge >= 0.3 is 0 Å². The molecule has 0 radical (unpaired) electrons. The van der Waals surface area contributed by atoms with Crippen LogP contribution in [0, 0.1) is 5.82 Å². The van der Waals surface area contributed by atoms with E-state index in [1.165, 1.54) is 12.1 Å². The molecule has 0 spiro atoms. The summed E-state index contributed by atoms with van der Waals surface area (Å²) in [6.45, 7) is 0.0492. The number of para-hydroxylation sites is 1. The molecule has 5 nitrogen and oxygen atoms in total. The molecule has 2 rings (SSSR count). The second-order valence-corrected chi connectivity index (χ2v) is 4.47. The van der Waals surface area contributed by atoms with Gasteiger partial charge < -0.3 is 10.6 Å². The molecule has 0 heterocycles. The lowest BCUT2D eigenvalue weighted by Gasteiger charge is -2.07. The van der Waals surface area contributed by atoms with Crippen molar-refractivity contribution >= 4 is 17.5 Å². The Labute approximate surface area is 110 Å². The fourth-order valence-electron chi connectivity index (χ4n) is 1.55. The number of carbonyl (C=O) groups is 2. The number of rotatable bonds is 6. The normalized spacial score (nSPS) is 13.9. The van der Waals surface area contributed by atoms with E-state index < -0.39 is 5.82 Å². The number of anilines is 1. The van der Waals surface area contributed by atoms with Crippen molar-refractivity contribution in [3.8, 4) is 0 Å². The first kappa shape index (κ1) is 13.5. The van der Waals surface area contributed by atoms with Crippen molar-refractivity contribution in [3.63, 3.8) is 0 Å². The molecule has 3 N–H and O–H groups in total. The minimum atomic E-state index is -0.484. The summed E-state index contributed by atoms with van der Waals surface area (Å²) in [5, 5.41) is 7.93. The molecule has 1 aromatic rings. The first-order valence-corrected chi connectivity index (χ1v) is 6.19. The van der Waals surface area contributed by atoms with Gasteiger partial charge in [0, 0.05) is 6.04 Å². The van der Waals surface area contributed by atoms with Gasteiger partial charge in [-0.25, -0.2) is 4.39 Å². The summed E-state index contributed by atoms with van der Waals surface area (Å²) < 4.78 is 13.3. The molecule has 1 saturated carbocycles. The standard InChI is InChI=1S/C13H16FN3O2/c14-10-3-1-2-4-11(10)17-13(19)8-15-7-12(18)16-9-5-6-9/h1-4,9,15H,5-8H2,(H,16,18)(H,17,19). The molecule has 1 aliphatic carbocycles. The summed E-state index contributed by atoms with van der Waals surface area (Å²) in [6, 6.07) is 6.24. The third kappa shape index (κ3) is 4.67. The Kier molecular flexibility index (Phi) is 4.46. The molecule has 0 aliphatic heterocycles. The lowest BCUT2D eigenvalue weighted by Crippen LogP contribution is -2.38. The van der Waals surface area contributed by atoms with Gasteiger partial charge in [-0.1, -0.05) is 12.1 Å². The zero-order valence-corrected chi connectivity index (χ0v) is 10.4. The van der Waals surface area contributed by atoms with Crippen LogP contribution in [-0.4, -0.2) is 30.9 Å². The summed E-state index contributed by atoms with van der Waals surface area (Å²) >= 11 is 0. The third-order valence-electron chi connectivity index (χ3n) is 2.66. The van der Waals surface area contributed by atoms with Crippen LogP contribution in [0.1, 0.15) is 12.8 Å². The Hall–Kier alpha value is -1.95. The summed E-state index contributed by atoms with van der Waals surface area (Å²) in [7, 11) is 0. The summed E-state index contributed by atoms with van der Waals surface area (Å²) in [5.74, 6) is -0.993. The van der Waals surface area contributed by atoms with Crippen molar-refractivity contribution in [1.82, 2.24) is 10.6 Å². The quantitative estimate of drug-likeness (QED) is 0.706. The highest BCUT2D eigenvalue weighted by molar-refractivity contribution is 5.92. The van der Waals surface area contributed by atoms with Crippen LogP contribution in [0.15, 0.2) is 24.3 Å². The molecule has 102 valence electrons. The molecule has 0 atom stereocenters. The molecule has 0 unspecified atom stereocenters. The summed E-state index contributed by atoms with van der Waals surface area (Å²) in [4.78, 5) is 22.8. The molecule has 19 heavy (non-hydrogen) atoms. The van der Waals surface area contributed by atoms with Crippen molar-refractivity contribution in [2.45, 2.75) is 18.9 Å². The van der Waals surface area contributed by atoms with E-state index in [9.17, 15) is 14.0 Å². The maximum Gasteiger partial charge on any atom is 0.238 e. The monoisotopic (exact) mass is 265 g/mol. The van der Waals surface area contributed by atoms with Gasteiger partial charge in [-0.05, 0) is 25.0 Å². The Balaban J connectivity index is 1.66. The second-order valence-electron chi connectivity index (χ2n) is 4.47. The number of hydrogen-bond acceptors (Lipinski definition) is 3. The zero-order valence-electron chi connectivity index (χ0n) is 10.4. The lowest BCUT2D eigenvalue weighted by molar-refractivity contribution is -0.120. The van der Waals surface area contributed by atoms with Gasteiger partial charge in [0.2, 0.25) is 11.8 Å². The van der Waals surface area contributed by atoms with Gasteiger partial charge in [0.1, 0.15) is 5.82 Å². The summed E-state index contributed by atoms with van der Waals surface area (Å²) in [5.41, 5.74) is 0.136. The fourth-order valence-corrected chi connectivity index (χ4v) is 1.55. The highest BCUT2D eigenvalue weighted by atomic mass is 19.1. The van der Waals surface area contributed by atoms with Crippen molar-refractivity contribution in [2.75, 3.05) is 18.4 Å². The van der Waals surface area contributed by atoms with Crippen LogP contribution in [0.5, 0.6) is 0 Å². The van der Waals surface area contributed by atoms with Crippen LogP contribution in [0.3, 0.4) is 0 Å². The van der Waals surface area contributed by atoms with Gasteiger partial charge in [0.05, 0.1) is 18.8 Å². The van der Waals surface area contributed by atoms with Gasteiger partial charge in [-0.15, -0.1) is 0 Å². The predicted octanol–water partition coefficient (Wildman–Crippen LogP) is 0.632. The molecule has 1 fully saturated rings. The first-order valence-electron chi connectivity index (χ1n) is 6.19. The maximum absolute atomic E-state index is 13.3. The van der Waals surface area contributed by atoms with E-state index in [2.05, 4.69) is 16.0 Å². The van der Waals surface area contributed by atoms with Crippen LogP contribution >= 0.6 is 0 Å². The largest absolute Gasteiger partial charge is 0.352 e. The Morgan fingerprint density at radius 3 is 2.53 bits per heavy atom. The topological polar surface area (TPSA) is 70.2 Å². The summed E-state index contributed by atoms with van der Waals surface area (Å²) in [6.07, 6.45) is 2.05. The van der Waals surface area contributed by atoms with Crippen LogP contribution in [0.25, 0.3) is 0 Å². The average Bonchev–Trinajstić information content (AvgIpc) is 3.16. The smallest absolute Gasteiger partial charge is 0.238 e. The van der Waals surface area contributed by atoms with Crippen molar-refractivity contribution in [3.05, 3.63) is 30.1 Å². The minimum Gasteiger partial charge on any atom is -0.352 e. The predicted molar refractivity (Wildman–Crippen MR) is 69.1 cm³/mol. The Morgan fingerprint density at radius 1 is 1.16 bits per heavy atom. The number of amides is 2. The van der Waals surface area contributed by atoms with Crippen LogP contribution in [0.4, 0.5) is 10.1 Å². The van der Waals surface area contributed by atoms with E-state index in [1.807, 2.05) is 0 Å². The van der Waals surface area contributed by atoms with Crippen molar-refractivity contribution in [1.29, 1.82) is 0 Å². The number of carbonyl (C=O) groups excluding carboxylic acids is 2. The van der Waals surface area contributed by atoms with Crippen molar-refractivity contribution in [2.24, 2.45) is 0 Å². The molecular formula is C13H16FN3O2. The zero-order chi connectivity index (χ0) is 13.7. The molecular weight excluding hydrogens is 249 g/mol. The molecule has 6 heteroatoms. The molecule has 0 aromatic heterocycles. The van der Waals surface area contributed by atoms with E-state index in [0.29, 0.717) is 6.04 Å². The fraction of sp³-hybridized carbons (Fsp3) is 0.385. The van der Waals surface area contributed by atoms with Crippen molar-refractivity contribution < 1.29 is 14.0 Å². The van der Waals surface area contributed by atoms with Gasteiger partial charge in [0.15, 0.2) is 0 Å². The van der Waals surface area contributed by atoms with Gasteiger partial charge in [0.25, 0.3) is 0 Å². The van der Waals surface area contributed by atoms with E-state index in [1.54, 1.807) is 12.1 Å². The lowest BCUT2D eigenvalue weighted by atomic mass is 10.3. The first-order chi connectivity index (χ1) is 9.15. The highest BCUT2D eigenvalue weighted by Crippen LogP contribution is 2.18. The Morgan fingerprint density at radius 2 is 1.84 bits per heavy atom. The minimum absolute atomic E-state index is 0.0353. The van der Waals surface area contributed by atoms with E-state index in [4.69, 9.17) is 0 Å². The van der Waals surface area contributed by atoms with E-state index in [-0.39, 0.29) is 30.6 Å². The van der Waals surface area contributed by atoms with Gasteiger partial charge in [-0.3, -0.25) is 14.9 Å². The number of nitrogens with one attached hydrogen (secondary N) is 3. The Bertz CT molecular complexity index is 475. The van der Waals surface area contributed by atoms with Crippen LogP contribution in [-0.2, 0) is 9.59 Å². The maximum atomic E-state index is 13.3. The number of benzene rings is 1. The van der Waals surface area contributed by atoms with E-state index in [0.717, 1.165) is 12.8 Å².